The van der Waals surface area contributed by atoms with Crippen LogP contribution in [0.3, 0.4) is 0 Å². The molecule has 0 fully saturated rings. The van der Waals surface area contributed by atoms with Crippen molar-refractivity contribution in [3.05, 3.63) is 103 Å². The van der Waals surface area contributed by atoms with Crippen LogP contribution in [0.15, 0.2) is 94.6 Å². The summed E-state index contributed by atoms with van der Waals surface area (Å²) in [5.74, 6) is 0.949. The number of benzene rings is 1. The van der Waals surface area contributed by atoms with Crippen LogP contribution in [-0.2, 0) is 33.0 Å². The van der Waals surface area contributed by atoms with Crippen molar-refractivity contribution < 1.29 is 37.4 Å². The summed E-state index contributed by atoms with van der Waals surface area (Å²) in [6.07, 6.45) is 33.0. The van der Waals surface area contributed by atoms with Gasteiger partial charge in [0.1, 0.15) is 0 Å². The Morgan fingerprint density at radius 2 is 1.42 bits per heavy atom. The Labute approximate surface area is 244 Å². The van der Waals surface area contributed by atoms with Crippen molar-refractivity contribution in [2.24, 2.45) is 4.99 Å². The van der Waals surface area contributed by atoms with Crippen molar-refractivity contribution in [2.75, 3.05) is 0 Å². The summed E-state index contributed by atoms with van der Waals surface area (Å²) < 4.78 is 6.87. The van der Waals surface area contributed by atoms with Gasteiger partial charge in [-0.3, -0.25) is 12.2 Å². The molecule has 2 heterocycles. The molecule has 2 aromatic rings. The maximum absolute atomic E-state index is 5.40. The van der Waals surface area contributed by atoms with Gasteiger partial charge >= 0.3 is 113 Å². The molecule has 0 radical (unpaired) electrons. The van der Waals surface area contributed by atoms with Crippen LogP contribution in [0.1, 0.15) is 70.0 Å². The molecule has 5 rings (SSSR count). The van der Waals surface area contributed by atoms with E-state index in [1.54, 1.807) is 6.26 Å². The quantitative estimate of drug-likeness (QED) is 0.193. The minimum atomic E-state index is 0. The van der Waals surface area contributed by atoms with Gasteiger partial charge in [0.2, 0.25) is 0 Å². The molecule has 2 nitrogen and oxygen atoms in total. The standard InChI is InChI=1S/C15H15NOSe.2C8H11.2Ni/c1-2-5-13(6-3-1)18-11-12-8-9-14(16-12)15-7-4-10-17-15;2*1-2-4-6-8-7-5-3-1;;/h1-7,10,12H,8-9,11H2;2*1-2,7H,3-6H2;;/q;2*-1;;. The molecule has 3 aliphatic rings. The third-order valence-electron chi connectivity index (χ3n) is 5.53. The molecule has 2 aliphatic carbocycles. The summed E-state index contributed by atoms with van der Waals surface area (Å²) in [6, 6.07) is 15.2. The number of allylic oxidation sites excluding steroid dienone is 8. The van der Waals surface area contributed by atoms with Gasteiger partial charge in [0, 0.05) is 33.0 Å². The van der Waals surface area contributed by atoms with E-state index in [4.69, 9.17) is 9.41 Å². The number of aliphatic imine (C=N–C) groups is 1. The van der Waals surface area contributed by atoms with Gasteiger partial charge < -0.3 is 12.2 Å². The van der Waals surface area contributed by atoms with E-state index >= 15 is 0 Å². The van der Waals surface area contributed by atoms with Crippen LogP contribution in [0, 0.1) is 12.2 Å². The molecule has 0 saturated carbocycles. The maximum atomic E-state index is 5.40. The first-order valence-electron chi connectivity index (χ1n) is 12.6. The van der Waals surface area contributed by atoms with Gasteiger partial charge in [-0.1, -0.05) is 50.0 Å². The van der Waals surface area contributed by atoms with Crippen LogP contribution < -0.4 is 4.46 Å². The fourth-order valence-corrected chi connectivity index (χ4v) is 5.73. The summed E-state index contributed by atoms with van der Waals surface area (Å²) in [5, 5.41) is 1.20. The average Bonchev–Trinajstić information content (AvgIpc) is 3.51. The first kappa shape index (κ1) is 32.7. The molecule has 5 heteroatoms. The molecule has 1 aliphatic heterocycles. The van der Waals surface area contributed by atoms with E-state index < -0.39 is 0 Å². The Bertz CT molecular complexity index is 853. The summed E-state index contributed by atoms with van der Waals surface area (Å²) in [7, 11) is 0. The third kappa shape index (κ3) is 14.4. The molecule has 1 aromatic carbocycles. The second-order valence-electron chi connectivity index (χ2n) is 8.36. The first-order chi connectivity index (χ1) is 16.9. The van der Waals surface area contributed by atoms with Gasteiger partial charge in [-0.05, 0) is 12.8 Å². The van der Waals surface area contributed by atoms with Crippen LogP contribution in [-0.4, -0.2) is 26.7 Å². The Morgan fingerprint density at radius 3 is 2.03 bits per heavy atom. The fraction of sp³-hybridized carbons (Fsp3) is 0.387. The van der Waals surface area contributed by atoms with Crippen molar-refractivity contribution >= 4 is 25.1 Å². The number of furan rings is 1. The molecule has 36 heavy (non-hydrogen) atoms. The Hall–Kier alpha value is -1.36. The molecule has 0 spiro atoms. The van der Waals surface area contributed by atoms with Crippen LogP contribution >= 0.6 is 0 Å². The zero-order valence-corrected chi connectivity index (χ0v) is 24.5. The van der Waals surface area contributed by atoms with Crippen LogP contribution in [0.2, 0.25) is 5.32 Å². The zero-order valence-electron chi connectivity index (χ0n) is 20.8. The predicted octanol–water partition coefficient (Wildman–Crippen LogP) is 7.63. The van der Waals surface area contributed by atoms with Gasteiger partial charge in [0.05, 0.1) is 0 Å². The molecule has 0 N–H and O–H groups in total. The molecule has 0 saturated heterocycles. The third-order valence-corrected chi connectivity index (χ3v) is 7.96. The van der Waals surface area contributed by atoms with Crippen molar-refractivity contribution in [3.63, 3.8) is 0 Å². The van der Waals surface area contributed by atoms with E-state index in [2.05, 4.69) is 78.9 Å². The molecule has 1 atom stereocenters. The molecular weight excluding hydrogens is 599 g/mol. The van der Waals surface area contributed by atoms with Crippen molar-refractivity contribution in [2.45, 2.75) is 75.6 Å². The summed E-state index contributed by atoms with van der Waals surface area (Å²) in [6.45, 7) is 0. The van der Waals surface area contributed by atoms with Gasteiger partial charge in [0.15, 0.2) is 0 Å². The van der Waals surface area contributed by atoms with E-state index in [0.29, 0.717) is 21.0 Å². The minimum absolute atomic E-state index is 0. The molecular formula is C31H37NNi2OSe-2. The van der Waals surface area contributed by atoms with Crippen molar-refractivity contribution in [1.29, 1.82) is 0 Å². The molecule has 1 unspecified atom stereocenters. The van der Waals surface area contributed by atoms with Gasteiger partial charge in [-0.15, -0.1) is 0 Å². The van der Waals surface area contributed by atoms with Crippen LogP contribution in [0.4, 0.5) is 0 Å². The van der Waals surface area contributed by atoms with E-state index in [9.17, 15) is 0 Å². The van der Waals surface area contributed by atoms with Crippen LogP contribution in [0.25, 0.3) is 0 Å². The van der Waals surface area contributed by atoms with Gasteiger partial charge in [0.25, 0.3) is 0 Å². The van der Waals surface area contributed by atoms with Crippen molar-refractivity contribution in [3.8, 4) is 0 Å². The van der Waals surface area contributed by atoms with E-state index in [-0.39, 0.29) is 33.0 Å². The average molecular weight is 636 g/mol. The fourth-order valence-electron chi connectivity index (χ4n) is 3.68. The predicted molar refractivity (Wildman–Crippen MR) is 146 cm³/mol. The molecule has 200 valence electrons. The topological polar surface area (TPSA) is 25.5 Å². The molecule has 0 amide bonds. The number of hydrogen-bond donors (Lipinski definition) is 0. The summed E-state index contributed by atoms with van der Waals surface area (Å²) in [4.78, 5) is 4.78. The Kier molecular flexibility index (Phi) is 19.7. The second kappa shape index (κ2) is 21.7. The monoisotopic (exact) mass is 635 g/mol. The second-order valence-corrected chi connectivity index (χ2v) is 10.7. The van der Waals surface area contributed by atoms with Gasteiger partial charge in [-0.25, -0.2) is 0 Å². The Balaban J connectivity index is 0.000000303. The van der Waals surface area contributed by atoms with Crippen molar-refractivity contribution in [1.82, 2.24) is 0 Å². The first-order valence-corrected chi connectivity index (χ1v) is 14.7. The SMILES string of the molecule is [C-]1=CCCC=CCC1.[C-]1=CCCC=CCC1.[Ni].[Ni].c1ccc([Se]CC2CCC(c3ccco3)=N2)cc1. The van der Waals surface area contributed by atoms with E-state index in [0.717, 1.165) is 30.7 Å². The van der Waals surface area contributed by atoms with Gasteiger partial charge in [-0.2, -0.15) is 12.8 Å². The normalized spacial score (nSPS) is 18.3. The number of rotatable bonds is 4. The zero-order chi connectivity index (χ0) is 23.5. The molecule has 1 aromatic heterocycles. The van der Waals surface area contributed by atoms with E-state index in [1.807, 2.05) is 12.1 Å². The number of hydrogen-bond acceptors (Lipinski definition) is 2. The summed E-state index contributed by atoms with van der Waals surface area (Å²) in [5.41, 5.74) is 1.15. The summed E-state index contributed by atoms with van der Waals surface area (Å²) >= 11 is 0.536. The van der Waals surface area contributed by atoms with E-state index in [1.165, 1.54) is 54.7 Å². The molecule has 0 bridgehead atoms. The van der Waals surface area contributed by atoms with Crippen LogP contribution in [0.5, 0.6) is 0 Å². The Morgan fingerprint density at radius 1 is 0.778 bits per heavy atom. The number of nitrogens with zero attached hydrogens (tertiary/aromatic N) is 1.